The van der Waals surface area contributed by atoms with Crippen LogP contribution in [0.2, 0.25) is 5.02 Å². The molecule has 0 aliphatic carbocycles. The number of nitrogens with zero attached hydrogens (tertiary/aromatic N) is 1. The molecule has 2 aromatic carbocycles. The van der Waals surface area contributed by atoms with Gasteiger partial charge in [-0.3, -0.25) is 4.90 Å². The lowest BCUT2D eigenvalue weighted by atomic mass is 9.89. The Balaban J connectivity index is 0.00000192. The third-order valence-electron chi connectivity index (χ3n) is 4.59. The molecule has 23 heavy (non-hydrogen) atoms. The molecule has 0 bridgehead atoms. The molecule has 0 N–H and O–H groups in total. The molecule has 124 valence electrons. The van der Waals surface area contributed by atoms with Gasteiger partial charge < -0.3 is 4.74 Å². The molecule has 1 atom stereocenters. The number of methoxy groups -OCH3 is 1. The van der Waals surface area contributed by atoms with Crippen molar-refractivity contribution >= 4 is 24.0 Å². The molecule has 0 saturated carbocycles. The van der Waals surface area contributed by atoms with E-state index in [2.05, 4.69) is 42.3 Å². The van der Waals surface area contributed by atoms with Crippen molar-refractivity contribution in [2.75, 3.05) is 20.7 Å². The quantitative estimate of drug-likeness (QED) is 0.773. The van der Waals surface area contributed by atoms with E-state index in [1.807, 2.05) is 12.1 Å². The smallest absolute Gasteiger partial charge is 0.119 e. The first kappa shape index (κ1) is 18.1. The Morgan fingerprint density at radius 2 is 1.91 bits per heavy atom. The topological polar surface area (TPSA) is 12.5 Å². The summed E-state index contributed by atoms with van der Waals surface area (Å²) in [5, 5.41) is 0.802. The predicted molar refractivity (Wildman–Crippen MR) is 99.1 cm³/mol. The summed E-state index contributed by atoms with van der Waals surface area (Å²) in [6.07, 6.45) is 3.29. The van der Waals surface area contributed by atoms with Crippen LogP contribution in [0.5, 0.6) is 5.75 Å². The average Bonchev–Trinajstić information content (AvgIpc) is 2.55. The summed E-state index contributed by atoms with van der Waals surface area (Å²) in [6.45, 7) is 1.10. The highest BCUT2D eigenvalue weighted by Gasteiger charge is 2.24. The summed E-state index contributed by atoms with van der Waals surface area (Å²) in [5.74, 6) is 0.958. The molecule has 1 unspecified atom stereocenters. The van der Waals surface area contributed by atoms with E-state index in [1.165, 1.54) is 16.7 Å². The van der Waals surface area contributed by atoms with E-state index in [1.54, 1.807) is 7.11 Å². The number of likely N-dealkylation sites (N-methyl/N-ethyl adjacent to an activating group) is 1. The van der Waals surface area contributed by atoms with E-state index in [0.29, 0.717) is 6.04 Å². The molecule has 1 aliphatic rings. The fraction of sp³-hybridized carbons (Fsp3) is 0.368. The summed E-state index contributed by atoms with van der Waals surface area (Å²) >= 11 is 5.96. The van der Waals surface area contributed by atoms with Gasteiger partial charge in [-0.05, 0) is 67.3 Å². The van der Waals surface area contributed by atoms with Crippen LogP contribution in [0.1, 0.15) is 29.2 Å². The minimum atomic E-state index is 0. The lowest BCUT2D eigenvalue weighted by Crippen LogP contribution is -2.32. The molecule has 1 aliphatic heterocycles. The van der Waals surface area contributed by atoms with Gasteiger partial charge in [0.1, 0.15) is 5.75 Å². The van der Waals surface area contributed by atoms with Crippen LogP contribution in [0.15, 0.2) is 42.5 Å². The van der Waals surface area contributed by atoms with Gasteiger partial charge >= 0.3 is 0 Å². The van der Waals surface area contributed by atoms with Crippen LogP contribution in [0.25, 0.3) is 0 Å². The third-order valence-corrected chi connectivity index (χ3v) is 4.85. The van der Waals surface area contributed by atoms with E-state index in [9.17, 15) is 0 Å². The molecule has 2 aromatic rings. The number of halogens is 2. The highest BCUT2D eigenvalue weighted by Crippen LogP contribution is 2.34. The van der Waals surface area contributed by atoms with Gasteiger partial charge in [0.2, 0.25) is 0 Å². The summed E-state index contributed by atoms with van der Waals surface area (Å²) in [6, 6.07) is 15.2. The molecule has 0 fully saturated rings. The standard InChI is InChI=1S/C19H22ClNO.ClH/c1-21-12-11-15-13-17(22-2)8-9-18(15)19(21)10-5-14-3-6-16(20)7-4-14;/h3-4,6-9,13,19H,5,10-12H2,1-2H3;1H. The maximum Gasteiger partial charge on any atom is 0.119 e. The predicted octanol–water partition coefficient (Wildman–Crippen LogP) is 4.93. The summed E-state index contributed by atoms with van der Waals surface area (Å²) in [5.41, 5.74) is 4.22. The summed E-state index contributed by atoms with van der Waals surface area (Å²) in [4.78, 5) is 2.46. The second kappa shape index (κ2) is 8.05. The molecule has 3 rings (SSSR count). The van der Waals surface area contributed by atoms with Gasteiger partial charge in [0.05, 0.1) is 7.11 Å². The molecule has 0 amide bonds. The molecule has 0 aromatic heterocycles. The van der Waals surface area contributed by atoms with E-state index in [0.717, 1.165) is 36.6 Å². The highest BCUT2D eigenvalue weighted by atomic mass is 35.5. The fourth-order valence-electron chi connectivity index (χ4n) is 3.27. The second-order valence-electron chi connectivity index (χ2n) is 5.98. The molecule has 4 heteroatoms. The van der Waals surface area contributed by atoms with E-state index < -0.39 is 0 Å². The van der Waals surface area contributed by atoms with E-state index >= 15 is 0 Å². The Labute approximate surface area is 149 Å². The van der Waals surface area contributed by atoms with Crippen molar-refractivity contribution in [3.8, 4) is 5.75 Å². The molecule has 2 nitrogen and oxygen atoms in total. The van der Waals surface area contributed by atoms with Gasteiger partial charge in [-0.2, -0.15) is 0 Å². The van der Waals surface area contributed by atoms with Gasteiger partial charge in [0.25, 0.3) is 0 Å². The van der Waals surface area contributed by atoms with Gasteiger partial charge in [0, 0.05) is 17.6 Å². The van der Waals surface area contributed by atoms with Gasteiger partial charge in [0.15, 0.2) is 0 Å². The Morgan fingerprint density at radius 1 is 1.17 bits per heavy atom. The van der Waals surface area contributed by atoms with Gasteiger partial charge in [-0.25, -0.2) is 0 Å². The maximum atomic E-state index is 5.96. The van der Waals surface area contributed by atoms with Crippen LogP contribution < -0.4 is 4.74 Å². The number of rotatable bonds is 4. The lowest BCUT2D eigenvalue weighted by molar-refractivity contribution is 0.219. The molecule has 0 spiro atoms. The Bertz CT molecular complexity index is 642. The first-order chi connectivity index (χ1) is 10.7. The van der Waals surface area contributed by atoms with Crippen molar-refractivity contribution in [2.45, 2.75) is 25.3 Å². The molecular weight excluding hydrogens is 329 g/mol. The maximum absolute atomic E-state index is 5.96. The largest absolute Gasteiger partial charge is 0.497 e. The average molecular weight is 352 g/mol. The molecule has 0 radical (unpaired) electrons. The van der Waals surface area contributed by atoms with Crippen molar-refractivity contribution in [2.24, 2.45) is 0 Å². The summed E-state index contributed by atoms with van der Waals surface area (Å²) in [7, 11) is 3.95. The first-order valence-electron chi connectivity index (χ1n) is 7.79. The van der Waals surface area contributed by atoms with Crippen LogP contribution in [-0.4, -0.2) is 25.6 Å². The number of ether oxygens (including phenoxy) is 1. The van der Waals surface area contributed by atoms with Crippen LogP contribution in [0, 0.1) is 0 Å². The second-order valence-corrected chi connectivity index (χ2v) is 6.41. The SMILES string of the molecule is COc1ccc2c(c1)CCN(C)C2CCc1ccc(Cl)cc1.Cl. The first-order valence-corrected chi connectivity index (χ1v) is 8.16. The van der Waals surface area contributed by atoms with Gasteiger partial charge in [-0.1, -0.05) is 29.8 Å². The normalized spacial score (nSPS) is 17.3. The molecular formula is C19H23Cl2NO. The zero-order chi connectivity index (χ0) is 15.5. The number of aryl methyl sites for hydroxylation is 1. The van der Waals surface area contributed by atoms with E-state index in [4.69, 9.17) is 16.3 Å². The number of fused-ring (bicyclic) bond motifs is 1. The van der Waals surface area contributed by atoms with Gasteiger partial charge in [-0.15, -0.1) is 12.4 Å². The fourth-order valence-corrected chi connectivity index (χ4v) is 3.40. The number of benzene rings is 2. The highest BCUT2D eigenvalue weighted by molar-refractivity contribution is 6.30. The molecule has 1 heterocycles. The van der Waals surface area contributed by atoms with Crippen LogP contribution in [0.4, 0.5) is 0 Å². The van der Waals surface area contributed by atoms with Crippen LogP contribution >= 0.6 is 24.0 Å². The Hall–Kier alpha value is -1.22. The lowest BCUT2D eigenvalue weighted by Gasteiger charge is -2.35. The Kier molecular flexibility index (Phi) is 6.34. The van der Waals surface area contributed by atoms with Crippen molar-refractivity contribution in [1.29, 1.82) is 0 Å². The monoisotopic (exact) mass is 351 g/mol. The number of hydrogen-bond donors (Lipinski definition) is 0. The van der Waals surface area contributed by atoms with Crippen LogP contribution in [0.3, 0.4) is 0 Å². The Morgan fingerprint density at radius 3 is 2.61 bits per heavy atom. The van der Waals surface area contributed by atoms with Crippen molar-refractivity contribution in [1.82, 2.24) is 4.90 Å². The van der Waals surface area contributed by atoms with Crippen LogP contribution in [-0.2, 0) is 12.8 Å². The van der Waals surface area contributed by atoms with Crippen molar-refractivity contribution < 1.29 is 4.74 Å². The third kappa shape index (κ3) is 4.20. The minimum absolute atomic E-state index is 0. The van der Waals surface area contributed by atoms with E-state index in [-0.39, 0.29) is 12.4 Å². The summed E-state index contributed by atoms with van der Waals surface area (Å²) < 4.78 is 5.36. The zero-order valence-corrected chi connectivity index (χ0v) is 15.2. The zero-order valence-electron chi connectivity index (χ0n) is 13.6. The van der Waals surface area contributed by atoms with Crippen molar-refractivity contribution in [3.63, 3.8) is 0 Å². The van der Waals surface area contributed by atoms with Crippen molar-refractivity contribution in [3.05, 3.63) is 64.2 Å². The minimum Gasteiger partial charge on any atom is -0.497 e. The molecule has 0 saturated heterocycles. The number of hydrogen-bond acceptors (Lipinski definition) is 2.